The van der Waals surface area contributed by atoms with E-state index in [0.29, 0.717) is 17.5 Å². The van der Waals surface area contributed by atoms with Crippen LogP contribution in [0.5, 0.6) is 5.88 Å². The van der Waals surface area contributed by atoms with E-state index in [4.69, 9.17) is 16.3 Å². The summed E-state index contributed by atoms with van der Waals surface area (Å²) in [5.74, 6) is 0.644. The number of halogens is 1. The van der Waals surface area contributed by atoms with E-state index in [1.54, 1.807) is 0 Å². The third-order valence-electron chi connectivity index (χ3n) is 2.65. The second kappa shape index (κ2) is 6.55. The molecule has 0 aliphatic heterocycles. The number of pyridine rings is 1. The molecule has 0 saturated carbocycles. The molecule has 1 aromatic heterocycles. The van der Waals surface area contributed by atoms with Crippen molar-refractivity contribution in [2.24, 2.45) is 0 Å². The number of ether oxygens (including phenoxy) is 1. The molecule has 2 rings (SSSR count). The van der Waals surface area contributed by atoms with Crippen molar-refractivity contribution in [1.29, 1.82) is 0 Å². The molecule has 4 heteroatoms. The summed E-state index contributed by atoms with van der Waals surface area (Å²) in [7, 11) is 1.92. The summed E-state index contributed by atoms with van der Waals surface area (Å²) in [6.07, 6.45) is 0. The molecule has 0 fully saturated rings. The minimum Gasteiger partial charge on any atom is -0.473 e. The van der Waals surface area contributed by atoms with Gasteiger partial charge in [0.05, 0.1) is 0 Å². The number of rotatable bonds is 5. The summed E-state index contributed by atoms with van der Waals surface area (Å²) in [4.78, 5) is 4.37. The fraction of sp³-hybridized carbons (Fsp3) is 0.267. The highest BCUT2D eigenvalue weighted by Gasteiger charge is 2.02. The Hall–Kier alpha value is -1.58. The smallest absolute Gasteiger partial charge is 0.214 e. The Kier molecular flexibility index (Phi) is 4.77. The maximum atomic E-state index is 5.94. The first-order valence-electron chi connectivity index (χ1n) is 6.17. The SMILES string of the molecule is CNCc1cc(C)nc(OCc2cccc(Cl)c2)c1. The van der Waals surface area contributed by atoms with Gasteiger partial charge in [0.25, 0.3) is 0 Å². The minimum absolute atomic E-state index is 0.468. The van der Waals surface area contributed by atoms with Gasteiger partial charge in [-0.1, -0.05) is 23.7 Å². The van der Waals surface area contributed by atoms with Gasteiger partial charge in [-0.2, -0.15) is 0 Å². The Morgan fingerprint density at radius 1 is 1.21 bits per heavy atom. The van der Waals surface area contributed by atoms with Crippen LogP contribution in [0.2, 0.25) is 5.02 Å². The van der Waals surface area contributed by atoms with Gasteiger partial charge in [-0.25, -0.2) is 4.98 Å². The Morgan fingerprint density at radius 2 is 2.05 bits per heavy atom. The molecule has 0 bridgehead atoms. The van der Waals surface area contributed by atoms with Crippen molar-refractivity contribution in [3.63, 3.8) is 0 Å². The molecule has 0 unspecified atom stereocenters. The van der Waals surface area contributed by atoms with Gasteiger partial charge in [0, 0.05) is 23.3 Å². The summed E-state index contributed by atoms with van der Waals surface area (Å²) >= 11 is 5.94. The van der Waals surface area contributed by atoms with Gasteiger partial charge in [0.15, 0.2) is 0 Å². The van der Waals surface area contributed by atoms with Gasteiger partial charge < -0.3 is 10.1 Å². The predicted molar refractivity (Wildman–Crippen MR) is 77.5 cm³/mol. The van der Waals surface area contributed by atoms with Gasteiger partial charge in [-0.15, -0.1) is 0 Å². The summed E-state index contributed by atoms with van der Waals surface area (Å²) in [5, 5.41) is 3.84. The normalized spacial score (nSPS) is 10.5. The van der Waals surface area contributed by atoms with Crippen LogP contribution in [-0.2, 0) is 13.2 Å². The van der Waals surface area contributed by atoms with Crippen LogP contribution in [0.1, 0.15) is 16.8 Å². The summed E-state index contributed by atoms with van der Waals surface area (Å²) in [6.45, 7) is 3.23. The Labute approximate surface area is 118 Å². The van der Waals surface area contributed by atoms with Crippen LogP contribution in [0.25, 0.3) is 0 Å². The monoisotopic (exact) mass is 276 g/mol. The quantitative estimate of drug-likeness (QED) is 0.909. The molecule has 0 aliphatic carbocycles. The first-order chi connectivity index (χ1) is 9.17. The molecule has 19 heavy (non-hydrogen) atoms. The van der Waals surface area contributed by atoms with E-state index in [-0.39, 0.29) is 0 Å². The van der Waals surface area contributed by atoms with Crippen LogP contribution in [0.15, 0.2) is 36.4 Å². The van der Waals surface area contributed by atoms with E-state index in [1.807, 2.05) is 50.4 Å². The molecule has 0 amide bonds. The standard InChI is InChI=1S/C15H17ClN2O/c1-11-6-13(9-17-2)8-15(18-11)19-10-12-4-3-5-14(16)7-12/h3-8,17H,9-10H2,1-2H3. The number of nitrogens with one attached hydrogen (secondary N) is 1. The lowest BCUT2D eigenvalue weighted by atomic mass is 10.2. The summed E-state index contributed by atoms with van der Waals surface area (Å²) < 4.78 is 5.72. The minimum atomic E-state index is 0.468. The molecule has 1 aromatic carbocycles. The number of benzene rings is 1. The molecule has 0 atom stereocenters. The maximum absolute atomic E-state index is 5.94. The molecule has 1 heterocycles. The number of nitrogens with zero attached hydrogens (tertiary/aromatic N) is 1. The van der Waals surface area contributed by atoms with Crippen LogP contribution >= 0.6 is 11.6 Å². The fourth-order valence-electron chi connectivity index (χ4n) is 1.87. The lowest BCUT2D eigenvalue weighted by Gasteiger charge is -2.09. The van der Waals surface area contributed by atoms with Gasteiger partial charge in [0.1, 0.15) is 6.61 Å². The van der Waals surface area contributed by atoms with Crippen LogP contribution in [0.3, 0.4) is 0 Å². The molecular weight excluding hydrogens is 260 g/mol. The molecule has 0 saturated heterocycles. The first-order valence-corrected chi connectivity index (χ1v) is 6.54. The Balaban J connectivity index is 2.06. The van der Waals surface area contributed by atoms with Crippen molar-refractivity contribution in [2.75, 3.05) is 7.05 Å². The van der Waals surface area contributed by atoms with E-state index in [2.05, 4.69) is 10.3 Å². The lowest BCUT2D eigenvalue weighted by Crippen LogP contribution is -2.06. The molecule has 100 valence electrons. The summed E-state index contributed by atoms with van der Waals surface area (Å²) in [6, 6.07) is 11.6. The molecular formula is C15H17ClN2O. The van der Waals surface area contributed by atoms with Gasteiger partial charge >= 0.3 is 0 Å². The van der Waals surface area contributed by atoms with Crippen molar-refractivity contribution >= 4 is 11.6 Å². The van der Waals surface area contributed by atoms with Crippen LogP contribution in [0, 0.1) is 6.92 Å². The van der Waals surface area contributed by atoms with Crippen LogP contribution in [-0.4, -0.2) is 12.0 Å². The van der Waals surface area contributed by atoms with Crippen molar-refractivity contribution < 1.29 is 4.74 Å². The highest BCUT2D eigenvalue weighted by Crippen LogP contribution is 2.16. The zero-order valence-electron chi connectivity index (χ0n) is 11.1. The predicted octanol–water partition coefficient (Wildman–Crippen LogP) is 3.34. The lowest BCUT2D eigenvalue weighted by molar-refractivity contribution is 0.293. The van der Waals surface area contributed by atoms with Gasteiger partial charge in [-0.05, 0) is 43.3 Å². The van der Waals surface area contributed by atoms with Gasteiger partial charge in [0.2, 0.25) is 5.88 Å². The highest BCUT2D eigenvalue weighted by molar-refractivity contribution is 6.30. The van der Waals surface area contributed by atoms with E-state index < -0.39 is 0 Å². The second-order valence-electron chi connectivity index (χ2n) is 4.40. The number of aryl methyl sites for hydroxylation is 1. The Bertz CT molecular complexity index is 558. The molecule has 3 nitrogen and oxygen atoms in total. The van der Waals surface area contributed by atoms with Crippen molar-refractivity contribution in [1.82, 2.24) is 10.3 Å². The third kappa shape index (κ3) is 4.23. The first kappa shape index (κ1) is 13.8. The topological polar surface area (TPSA) is 34.2 Å². The summed E-state index contributed by atoms with van der Waals surface area (Å²) in [5.41, 5.74) is 3.15. The Morgan fingerprint density at radius 3 is 2.79 bits per heavy atom. The average molecular weight is 277 g/mol. The average Bonchev–Trinajstić information content (AvgIpc) is 2.36. The van der Waals surface area contributed by atoms with Crippen molar-refractivity contribution in [3.8, 4) is 5.88 Å². The molecule has 2 aromatic rings. The zero-order chi connectivity index (χ0) is 13.7. The van der Waals surface area contributed by atoms with Crippen molar-refractivity contribution in [3.05, 3.63) is 58.2 Å². The third-order valence-corrected chi connectivity index (χ3v) is 2.88. The fourth-order valence-corrected chi connectivity index (χ4v) is 2.08. The highest BCUT2D eigenvalue weighted by atomic mass is 35.5. The maximum Gasteiger partial charge on any atom is 0.214 e. The van der Waals surface area contributed by atoms with Crippen LogP contribution < -0.4 is 10.1 Å². The largest absolute Gasteiger partial charge is 0.473 e. The second-order valence-corrected chi connectivity index (χ2v) is 4.84. The number of hydrogen-bond acceptors (Lipinski definition) is 3. The molecule has 1 N–H and O–H groups in total. The molecule has 0 aliphatic rings. The van der Waals surface area contributed by atoms with E-state index >= 15 is 0 Å². The van der Waals surface area contributed by atoms with E-state index in [1.165, 1.54) is 0 Å². The number of hydrogen-bond donors (Lipinski definition) is 1. The van der Waals surface area contributed by atoms with Crippen LogP contribution in [0.4, 0.5) is 0 Å². The van der Waals surface area contributed by atoms with E-state index in [9.17, 15) is 0 Å². The molecule has 0 spiro atoms. The van der Waals surface area contributed by atoms with Crippen molar-refractivity contribution in [2.45, 2.75) is 20.1 Å². The zero-order valence-corrected chi connectivity index (χ0v) is 11.9. The van der Waals surface area contributed by atoms with E-state index in [0.717, 1.165) is 23.4 Å². The van der Waals surface area contributed by atoms with Gasteiger partial charge in [-0.3, -0.25) is 0 Å². The number of aromatic nitrogens is 1. The molecule has 0 radical (unpaired) electrons.